The molecule has 6 nitrogen and oxygen atoms in total. The van der Waals surface area contributed by atoms with Crippen molar-refractivity contribution in [2.45, 2.75) is 32.5 Å². The Balaban J connectivity index is 1.52. The normalized spacial score (nSPS) is 12.0. The molecule has 142 valence electrons. The largest absolute Gasteiger partial charge is 0.471 e. The Morgan fingerprint density at radius 2 is 2.07 bits per heavy atom. The third kappa shape index (κ3) is 5.23. The van der Waals surface area contributed by atoms with Crippen molar-refractivity contribution in [2.75, 3.05) is 7.05 Å². The average molecular weight is 432 g/mol. The van der Waals surface area contributed by atoms with Gasteiger partial charge in [0.2, 0.25) is 0 Å². The molecule has 3 aromatic rings. The first-order valence-corrected chi connectivity index (χ1v) is 9.53. The molecule has 0 aliphatic rings. The topological polar surface area (TPSA) is 60.5 Å². The number of nitrogens with zero attached hydrogens (tertiary/aromatic N) is 3. The zero-order valence-corrected chi connectivity index (χ0v) is 16.9. The van der Waals surface area contributed by atoms with Crippen LogP contribution >= 0.6 is 15.9 Å². The molecule has 3 rings (SSSR count). The Kier molecular flexibility index (Phi) is 6.34. The summed E-state index contributed by atoms with van der Waals surface area (Å²) in [4.78, 5) is 14.4. The number of furan rings is 1. The molecule has 27 heavy (non-hydrogen) atoms. The fourth-order valence-electron chi connectivity index (χ4n) is 2.60. The maximum absolute atomic E-state index is 12.7. The smallest absolute Gasteiger partial charge is 0.274 e. The van der Waals surface area contributed by atoms with Gasteiger partial charge in [0.1, 0.15) is 11.5 Å². The maximum Gasteiger partial charge on any atom is 0.274 e. The second-order valence-corrected chi connectivity index (χ2v) is 7.27. The van der Waals surface area contributed by atoms with Gasteiger partial charge >= 0.3 is 0 Å². The minimum absolute atomic E-state index is 0.0757. The highest BCUT2D eigenvalue weighted by Gasteiger charge is 2.20. The lowest BCUT2D eigenvalue weighted by Crippen LogP contribution is -2.35. The number of benzene rings is 1. The molecule has 1 amide bonds. The highest BCUT2D eigenvalue weighted by Crippen LogP contribution is 2.16. The van der Waals surface area contributed by atoms with Gasteiger partial charge < -0.3 is 14.1 Å². The molecule has 0 saturated heterocycles. The van der Waals surface area contributed by atoms with Crippen LogP contribution in [0.4, 0.5) is 0 Å². The van der Waals surface area contributed by atoms with Gasteiger partial charge in [-0.3, -0.25) is 4.79 Å². The number of hydrogen-bond acceptors (Lipinski definition) is 4. The second kappa shape index (κ2) is 8.90. The van der Waals surface area contributed by atoms with Gasteiger partial charge in [-0.05, 0) is 55.8 Å². The monoisotopic (exact) mass is 431 g/mol. The number of carbonyl (C=O) groups is 1. The van der Waals surface area contributed by atoms with Gasteiger partial charge in [-0.1, -0.05) is 15.9 Å². The summed E-state index contributed by atoms with van der Waals surface area (Å²) in [6, 6.07) is 13.2. The molecule has 1 atom stereocenters. The summed E-state index contributed by atoms with van der Waals surface area (Å²) in [6.07, 6.45) is 5.02. The van der Waals surface area contributed by atoms with E-state index in [1.807, 2.05) is 43.3 Å². The van der Waals surface area contributed by atoms with Crippen LogP contribution in [0.2, 0.25) is 0 Å². The Morgan fingerprint density at radius 1 is 1.30 bits per heavy atom. The first-order chi connectivity index (χ1) is 13.0. The van der Waals surface area contributed by atoms with Crippen molar-refractivity contribution in [1.29, 1.82) is 0 Å². The first kappa shape index (κ1) is 19.2. The molecule has 0 bridgehead atoms. The van der Waals surface area contributed by atoms with E-state index in [0.29, 0.717) is 5.69 Å². The van der Waals surface area contributed by atoms with E-state index in [1.165, 1.54) is 0 Å². The third-order valence-corrected chi connectivity index (χ3v) is 4.94. The molecule has 0 aliphatic carbocycles. The molecular weight excluding hydrogens is 410 g/mol. The third-order valence-electron chi connectivity index (χ3n) is 4.41. The van der Waals surface area contributed by atoms with Crippen LogP contribution in [0, 0.1) is 0 Å². The summed E-state index contributed by atoms with van der Waals surface area (Å²) < 4.78 is 13.6. The summed E-state index contributed by atoms with van der Waals surface area (Å²) in [7, 11) is 1.80. The Morgan fingerprint density at radius 3 is 2.78 bits per heavy atom. The number of aromatic nitrogens is 2. The lowest BCUT2D eigenvalue weighted by atomic mass is 10.1. The molecule has 0 saturated carbocycles. The number of halogens is 1. The van der Waals surface area contributed by atoms with E-state index in [4.69, 9.17) is 9.15 Å². The zero-order valence-electron chi connectivity index (χ0n) is 15.3. The number of hydrogen-bond donors (Lipinski definition) is 0. The van der Waals surface area contributed by atoms with E-state index in [9.17, 15) is 4.79 Å². The number of carbonyl (C=O) groups excluding carboxylic acids is 1. The maximum atomic E-state index is 12.7. The first-order valence-electron chi connectivity index (χ1n) is 8.74. The van der Waals surface area contributed by atoms with Crippen LogP contribution < -0.4 is 4.74 Å². The van der Waals surface area contributed by atoms with Crippen LogP contribution in [0.15, 0.2) is 63.8 Å². The molecule has 0 aliphatic heterocycles. The average Bonchev–Trinajstić information content (AvgIpc) is 3.36. The molecule has 7 heteroatoms. The van der Waals surface area contributed by atoms with Crippen LogP contribution in [0.5, 0.6) is 5.75 Å². The Labute approximate surface area is 166 Å². The van der Waals surface area contributed by atoms with Gasteiger partial charge in [0.15, 0.2) is 12.4 Å². The lowest BCUT2D eigenvalue weighted by Gasteiger charge is -2.23. The van der Waals surface area contributed by atoms with Crippen molar-refractivity contribution < 1.29 is 13.9 Å². The second-order valence-electron chi connectivity index (χ2n) is 6.35. The van der Waals surface area contributed by atoms with E-state index in [0.717, 1.165) is 28.8 Å². The van der Waals surface area contributed by atoms with Crippen molar-refractivity contribution in [1.82, 2.24) is 14.7 Å². The van der Waals surface area contributed by atoms with Crippen LogP contribution in [0.1, 0.15) is 29.6 Å². The quantitative estimate of drug-likeness (QED) is 0.531. The van der Waals surface area contributed by atoms with Gasteiger partial charge in [0.25, 0.3) is 5.91 Å². The summed E-state index contributed by atoms with van der Waals surface area (Å²) in [5.41, 5.74) is 0.404. The number of aryl methyl sites for hydroxylation is 1. The van der Waals surface area contributed by atoms with Crippen molar-refractivity contribution >= 4 is 21.8 Å². The standard InChI is InChI=1S/C20H22BrN3O3/c1-15(5-8-17-4-3-13-26-17)23(2)20(25)19-11-12-24(22-19)14-27-18-9-6-16(21)7-10-18/h3-4,6-7,9-13,15H,5,8,14H2,1-2H3. The van der Waals surface area contributed by atoms with Crippen LogP contribution in [0.3, 0.4) is 0 Å². The Hall–Kier alpha value is -2.54. The summed E-state index contributed by atoms with van der Waals surface area (Å²) in [5, 5.41) is 4.33. The molecule has 0 fully saturated rings. The number of amides is 1. The molecular formula is C20H22BrN3O3. The summed E-state index contributed by atoms with van der Waals surface area (Å²) >= 11 is 3.39. The van der Waals surface area contributed by atoms with E-state index >= 15 is 0 Å². The molecule has 2 aromatic heterocycles. The number of rotatable bonds is 8. The predicted octanol–water partition coefficient (Wildman–Crippen LogP) is 4.37. The Bertz CT molecular complexity index is 859. The van der Waals surface area contributed by atoms with E-state index in [-0.39, 0.29) is 18.7 Å². The van der Waals surface area contributed by atoms with Crippen molar-refractivity contribution in [3.8, 4) is 5.75 Å². The summed E-state index contributed by atoms with van der Waals surface area (Å²) in [6.45, 7) is 2.27. The van der Waals surface area contributed by atoms with Crippen molar-refractivity contribution in [2.24, 2.45) is 0 Å². The fourth-order valence-corrected chi connectivity index (χ4v) is 2.86. The van der Waals surface area contributed by atoms with Gasteiger partial charge in [-0.25, -0.2) is 4.68 Å². The minimum atomic E-state index is -0.107. The molecule has 0 radical (unpaired) electrons. The van der Waals surface area contributed by atoms with Gasteiger partial charge in [0.05, 0.1) is 6.26 Å². The van der Waals surface area contributed by atoms with Gasteiger partial charge in [-0.15, -0.1) is 0 Å². The molecule has 1 aromatic carbocycles. The predicted molar refractivity (Wildman–Crippen MR) is 106 cm³/mol. The summed E-state index contributed by atoms with van der Waals surface area (Å²) in [5.74, 6) is 1.56. The van der Waals surface area contributed by atoms with E-state index in [1.54, 1.807) is 35.2 Å². The molecule has 2 heterocycles. The zero-order chi connectivity index (χ0) is 19.2. The highest BCUT2D eigenvalue weighted by molar-refractivity contribution is 9.10. The van der Waals surface area contributed by atoms with Crippen molar-refractivity contribution in [3.05, 3.63) is 70.9 Å². The van der Waals surface area contributed by atoms with E-state index in [2.05, 4.69) is 21.0 Å². The molecule has 1 unspecified atom stereocenters. The minimum Gasteiger partial charge on any atom is -0.471 e. The SMILES string of the molecule is CC(CCc1ccco1)N(C)C(=O)c1ccn(COc2ccc(Br)cc2)n1. The lowest BCUT2D eigenvalue weighted by molar-refractivity contribution is 0.0728. The van der Waals surface area contributed by atoms with E-state index < -0.39 is 0 Å². The number of ether oxygens (including phenoxy) is 1. The van der Waals surface area contributed by atoms with Gasteiger partial charge in [0, 0.05) is 30.2 Å². The van der Waals surface area contributed by atoms with Crippen LogP contribution in [0.25, 0.3) is 0 Å². The molecule has 0 N–H and O–H groups in total. The van der Waals surface area contributed by atoms with Crippen molar-refractivity contribution in [3.63, 3.8) is 0 Å². The fraction of sp³-hybridized carbons (Fsp3) is 0.300. The molecule has 0 spiro atoms. The van der Waals surface area contributed by atoms with Crippen LogP contribution in [-0.4, -0.2) is 33.7 Å². The van der Waals surface area contributed by atoms with Crippen LogP contribution in [-0.2, 0) is 13.2 Å². The van der Waals surface area contributed by atoms with Gasteiger partial charge in [-0.2, -0.15) is 5.10 Å². The highest BCUT2D eigenvalue weighted by atomic mass is 79.9.